The molecule has 2 atom stereocenters. The predicted octanol–water partition coefficient (Wildman–Crippen LogP) is 2.50. The number of phenolic OH excluding ortho intramolecular Hbond substituents is 1. The van der Waals surface area contributed by atoms with E-state index in [9.17, 15) is 24.7 Å². The van der Waals surface area contributed by atoms with Gasteiger partial charge in [0.15, 0.2) is 0 Å². The molecular weight excluding hydrogens is 349 g/mol. The first-order valence-corrected chi connectivity index (χ1v) is 8.92. The Balaban J connectivity index is 2.28. The van der Waals surface area contributed by atoms with Crippen molar-refractivity contribution in [3.63, 3.8) is 0 Å². The number of carbonyl (C=O) groups excluding carboxylic acids is 1. The van der Waals surface area contributed by atoms with Gasteiger partial charge >= 0.3 is 7.75 Å². The molecular formula is C16H18NO7P. The third-order valence-electron chi connectivity index (χ3n) is 3.70. The highest BCUT2D eigenvalue weighted by molar-refractivity contribution is 7.50. The van der Waals surface area contributed by atoms with Crippen LogP contribution in [-0.4, -0.2) is 36.6 Å². The smallest absolute Gasteiger partial charge is 0.448 e. The third kappa shape index (κ3) is 5.03. The number of aliphatic hydroxyl groups is 2. The van der Waals surface area contributed by atoms with Gasteiger partial charge in [0.25, 0.3) is 0 Å². The van der Waals surface area contributed by atoms with E-state index in [-0.39, 0.29) is 18.1 Å². The van der Waals surface area contributed by atoms with Crippen LogP contribution in [0.5, 0.6) is 5.75 Å². The van der Waals surface area contributed by atoms with Crippen molar-refractivity contribution in [3.8, 4) is 5.75 Å². The Hall–Kier alpha value is -2.41. The summed E-state index contributed by atoms with van der Waals surface area (Å²) in [5.41, 5.74) is 0.290. The summed E-state index contributed by atoms with van der Waals surface area (Å²) in [5, 5.41) is 29.0. The van der Waals surface area contributed by atoms with E-state index in [4.69, 9.17) is 9.79 Å². The molecule has 134 valence electrons. The highest BCUT2D eigenvalue weighted by Gasteiger charge is 2.33. The number of ketones is 1. The van der Waals surface area contributed by atoms with E-state index in [0.717, 1.165) is 12.2 Å². The Bertz CT molecular complexity index is 822. The maximum absolute atomic E-state index is 12.6. The first kappa shape index (κ1) is 18.9. The van der Waals surface area contributed by atoms with Gasteiger partial charge in [0.1, 0.15) is 29.0 Å². The number of hydrogen-bond donors (Lipinski definition) is 5. The van der Waals surface area contributed by atoms with E-state index in [1.54, 1.807) is 19.1 Å². The third-order valence-corrected chi connectivity index (χ3v) is 4.19. The minimum absolute atomic E-state index is 0.0498. The van der Waals surface area contributed by atoms with Crippen LogP contribution in [0.15, 0.2) is 52.7 Å². The molecule has 0 aliphatic heterocycles. The topological polar surface area (TPSA) is 148 Å². The second kappa shape index (κ2) is 7.23. The van der Waals surface area contributed by atoms with Crippen molar-refractivity contribution in [1.29, 1.82) is 0 Å². The van der Waals surface area contributed by atoms with Crippen LogP contribution in [0.4, 0.5) is 0 Å². The van der Waals surface area contributed by atoms with Crippen molar-refractivity contribution in [2.24, 2.45) is 10.7 Å². The zero-order valence-electron chi connectivity index (χ0n) is 13.3. The molecule has 0 aromatic heterocycles. The lowest BCUT2D eigenvalue weighted by molar-refractivity contribution is -0.121. The molecule has 5 N–H and O–H groups in total. The van der Waals surface area contributed by atoms with Crippen molar-refractivity contribution >= 4 is 19.2 Å². The number of rotatable bonds is 5. The quantitative estimate of drug-likeness (QED) is 0.502. The highest BCUT2D eigenvalue weighted by Crippen LogP contribution is 2.39. The molecule has 2 unspecified atom stereocenters. The van der Waals surface area contributed by atoms with Crippen molar-refractivity contribution in [2.45, 2.75) is 19.3 Å². The average molecular weight is 367 g/mol. The summed E-state index contributed by atoms with van der Waals surface area (Å²) in [6, 6.07) is 6.35. The van der Waals surface area contributed by atoms with Gasteiger partial charge in [-0.15, -0.1) is 0 Å². The zero-order valence-corrected chi connectivity index (χ0v) is 14.2. The molecule has 0 amide bonds. The predicted molar refractivity (Wildman–Crippen MR) is 90.5 cm³/mol. The maximum Gasteiger partial charge on any atom is 0.448 e. The van der Waals surface area contributed by atoms with Crippen molar-refractivity contribution in [2.75, 3.05) is 0 Å². The van der Waals surface area contributed by atoms with Crippen LogP contribution in [0, 0.1) is 5.92 Å². The SMILES string of the molecule is CC(CC(=O)C1C(O)=CC(O)=CC1=NP(=O)(O)O)c1cccc(O)c1. The standard InChI is InChI=1S/C16H18NO7P/c1-9(10-3-2-4-11(18)6-10)5-14(20)16-13(17-25(22,23)24)7-12(19)8-15(16)21/h2-4,6-9,16,18-19,21H,5H2,1H3,(H2,22,23,24). The van der Waals surface area contributed by atoms with Crippen LogP contribution in [0.2, 0.25) is 0 Å². The summed E-state index contributed by atoms with van der Waals surface area (Å²) >= 11 is 0. The molecule has 8 nitrogen and oxygen atoms in total. The molecule has 0 bridgehead atoms. The van der Waals surface area contributed by atoms with Gasteiger partial charge < -0.3 is 25.1 Å². The summed E-state index contributed by atoms with van der Waals surface area (Å²) in [6.45, 7) is 1.74. The number of Topliss-reactive ketones (excluding diaryl/α,β-unsaturated/α-hetero) is 1. The van der Waals surface area contributed by atoms with Crippen LogP contribution in [-0.2, 0) is 9.36 Å². The number of phenols is 1. The van der Waals surface area contributed by atoms with E-state index >= 15 is 0 Å². The Kier molecular flexibility index (Phi) is 5.47. The van der Waals surface area contributed by atoms with Crippen LogP contribution in [0.1, 0.15) is 24.8 Å². The van der Waals surface area contributed by atoms with Crippen LogP contribution in [0.3, 0.4) is 0 Å². The van der Waals surface area contributed by atoms with Crippen molar-refractivity contribution in [3.05, 3.63) is 53.5 Å². The van der Waals surface area contributed by atoms with Gasteiger partial charge in [-0.3, -0.25) is 4.79 Å². The fourth-order valence-electron chi connectivity index (χ4n) is 2.60. The van der Waals surface area contributed by atoms with Gasteiger partial charge in [-0.1, -0.05) is 19.1 Å². The second-order valence-corrected chi connectivity index (χ2v) is 7.00. The normalized spacial score (nSPS) is 20.8. The van der Waals surface area contributed by atoms with E-state index in [1.807, 2.05) is 0 Å². The van der Waals surface area contributed by atoms with Gasteiger partial charge in [-0.2, -0.15) is 4.76 Å². The molecule has 0 saturated carbocycles. The summed E-state index contributed by atoms with van der Waals surface area (Å²) in [6.07, 6.45) is 1.79. The van der Waals surface area contributed by atoms with Gasteiger partial charge in [-0.25, -0.2) is 4.57 Å². The molecule has 0 saturated heterocycles. The number of carbonyl (C=O) groups is 1. The van der Waals surface area contributed by atoms with Crippen LogP contribution in [0.25, 0.3) is 0 Å². The molecule has 0 heterocycles. The Morgan fingerprint density at radius 1 is 1.24 bits per heavy atom. The average Bonchev–Trinajstić information content (AvgIpc) is 2.44. The molecule has 1 aliphatic rings. The van der Waals surface area contributed by atoms with Crippen molar-refractivity contribution < 1.29 is 34.5 Å². The first-order valence-electron chi connectivity index (χ1n) is 7.35. The molecule has 0 radical (unpaired) electrons. The fourth-order valence-corrected chi connectivity index (χ4v) is 3.07. The van der Waals surface area contributed by atoms with Gasteiger partial charge in [-0.05, 0) is 23.6 Å². The molecule has 1 aromatic carbocycles. The number of aliphatic hydroxyl groups excluding tert-OH is 2. The van der Waals surface area contributed by atoms with E-state index < -0.39 is 36.7 Å². The summed E-state index contributed by atoms with van der Waals surface area (Å²) in [4.78, 5) is 30.6. The minimum atomic E-state index is -4.85. The summed E-state index contributed by atoms with van der Waals surface area (Å²) in [7, 11) is -4.85. The fraction of sp³-hybridized carbons (Fsp3) is 0.250. The van der Waals surface area contributed by atoms with E-state index in [2.05, 4.69) is 4.76 Å². The molecule has 1 aromatic rings. The van der Waals surface area contributed by atoms with Gasteiger partial charge in [0.05, 0.1) is 5.71 Å². The molecule has 25 heavy (non-hydrogen) atoms. The van der Waals surface area contributed by atoms with Gasteiger partial charge in [0, 0.05) is 18.6 Å². The monoisotopic (exact) mass is 367 g/mol. The highest BCUT2D eigenvalue weighted by atomic mass is 31.2. The van der Waals surface area contributed by atoms with Gasteiger partial charge in [0.2, 0.25) is 0 Å². The van der Waals surface area contributed by atoms with Crippen LogP contribution < -0.4 is 0 Å². The lowest BCUT2D eigenvalue weighted by atomic mass is 9.85. The number of aromatic hydroxyl groups is 1. The number of hydrogen-bond acceptors (Lipinski definition) is 5. The second-order valence-electron chi connectivity index (χ2n) is 5.78. The van der Waals surface area contributed by atoms with E-state index in [1.165, 1.54) is 12.1 Å². The molecule has 2 rings (SSSR count). The Labute approximate surface area is 143 Å². The number of nitrogens with zero attached hydrogens (tertiary/aromatic N) is 1. The van der Waals surface area contributed by atoms with E-state index in [0.29, 0.717) is 5.56 Å². The lowest BCUT2D eigenvalue weighted by Crippen LogP contribution is -2.28. The molecule has 0 spiro atoms. The largest absolute Gasteiger partial charge is 0.511 e. The molecule has 0 fully saturated rings. The molecule has 1 aliphatic carbocycles. The van der Waals surface area contributed by atoms with Crippen LogP contribution >= 0.6 is 7.75 Å². The Morgan fingerprint density at radius 3 is 2.52 bits per heavy atom. The lowest BCUT2D eigenvalue weighted by Gasteiger charge is -2.21. The maximum atomic E-state index is 12.6. The summed E-state index contributed by atoms with van der Waals surface area (Å²) < 4.78 is 14.3. The number of allylic oxidation sites excluding steroid dienone is 3. The minimum Gasteiger partial charge on any atom is -0.511 e. The molecule has 9 heteroatoms. The summed E-state index contributed by atoms with van der Waals surface area (Å²) in [5.74, 6) is -3.17. The van der Waals surface area contributed by atoms with Crippen molar-refractivity contribution in [1.82, 2.24) is 0 Å². The first-order chi connectivity index (χ1) is 11.6. The zero-order chi connectivity index (χ0) is 18.8. The number of benzene rings is 1. The Morgan fingerprint density at radius 2 is 1.92 bits per heavy atom.